The number of hydrogen-bond acceptors (Lipinski definition) is 5. The van der Waals surface area contributed by atoms with Crippen molar-refractivity contribution in [1.29, 1.82) is 0 Å². The summed E-state index contributed by atoms with van der Waals surface area (Å²) in [6.07, 6.45) is 5.91. The molecule has 3 rings (SSSR count). The highest BCUT2D eigenvalue weighted by Gasteiger charge is 2.40. The molecule has 0 radical (unpaired) electrons. The zero-order valence-electron chi connectivity index (χ0n) is 14.0. The number of hydrogen-bond donors (Lipinski definition) is 2. The third kappa shape index (κ3) is 3.13. The summed E-state index contributed by atoms with van der Waals surface area (Å²) in [6.45, 7) is 4.35. The highest BCUT2D eigenvalue weighted by molar-refractivity contribution is 7.12. The number of carbonyl (C=O) groups excluding carboxylic acids is 2. The lowest BCUT2D eigenvalue weighted by Crippen LogP contribution is -2.59. The first kappa shape index (κ1) is 16.8. The molecule has 0 aliphatic heterocycles. The van der Waals surface area contributed by atoms with Crippen LogP contribution in [0.4, 0.5) is 0 Å². The molecule has 2 aromatic heterocycles. The maximum atomic E-state index is 12.8. The fraction of sp³-hybridized carbons (Fsp3) is 0.529. The molecule has 6 nitrogen and oxygen atoms in total. The molecule has 2 heterocycles. The van der Waals surface area contributed by atoms with Gasteiger partial charge in [0.2, 0.25) is 5.91 Å². The van der Waals surface area contributed by atoms with Crippen LogP contribution in [0.25, 0.3) is 10.2 Å². The monoisotopic (exact) mass is 346 g/mol. The summed E-state index contributed by atoms with van der Waals surface area (Å²) in [7, 11) is 0. The highest BCUT2D eigenvalue weighted by atomic mass is 32.1. The molecule has 24 heavy (non-hydrogen) atoms. The van der Waals surface area contributed by atoms with Gasteiger partial charge in [-0.05, 0) is 44.3 Å². The van der Waals surface area contributed by atoms with Gasteiger partial charge in [0.1, 0.15) is 10.4 Å². The van der Waals surface area contributed by atoms with Crippen molar-refractivity contribution in [3.05, 3.63) is 23.5 Å². The molecule has 2 N–H and O–H groups in total. The van der Waals surface area contributed by atoms with Crippen molar-refractivity contribution in [1.82, 2.24) is 20.0 Å². The molecular weight excluding hydrogens is 324 g/mol. The van der Waals surface area contributed by atoms with Crippen LogP contribution >= 0.6 is 11.5 Å². The molecule has 0 aromatic carbocycles. The fourth-order valence-electron chi connectivity index (χ4n) is 3.25. The number of nitrogens with one attached hydrogen (secondary N) is 2. The van der Waals surface area contributed by atoms with E-state index in [1.54, 1.807) is 6.20 Å². The SMILES string of the molecule is CCNC(=O)C1(NC(=O)c2cnc3snc(C)c3c2)CCCCC1. The van der Waals surface area contributed by atoms with Gasteiger partial charge in [-0.25, -0.2) is 4.98 Å². The average molecular weight is 346 g/mol. The van der Waals surface area contributed by atoms with Crippen LogP contribution in [0.5, 0.6) is 0 Å². The van der Waals surface area contributed by atoms with Gasteiger partial charge in [0.05, 0.1) is 11.3 Å². The largest absolute Gasteiger partial charge is 0.354 e. The van der Waals surface area contributed by atoms with Gasteiger partial charge in [-0.15, -0.1) is 0 Å². The van der Waals surface area contributed by atoms with Crippen LogP contribution in [0.15, 0.2) is 12.3 Å². The first-order valence-corrected chi connectivity index (χ1v) is 9.16. The van der Waals surface area contributed by atoms with Crippen LogP contribution in [0.1, 0.15) is 55.1 Å². The van der Waals surface area contributed by atoms with E-state index in [0.717, 1.165) is 35.2 Å². The topological polar surface area (TPSA) is 84.0 Å². The van der Waals surface area contributed by atoms with Crippen LogP contribution in [-0.4, -0.2) is 33.3 Å². The number of amides is 2. The molecule has 1 saturated carbocycles. The van der Waals surface area contributed by atoms with E-state index in [4.69, 9.17) is 0 Å². The Bertz CT molecular complexity index is 765. The first-order valence-electron chi connectivity index (χ1n) is 8.38. The smallest absolute Gasteiger partial charge is 0.253 e. The van der Waals surface area contributed by atoms with Gasteiger partial charge in [0.15, 0.2) is 0 Å². The predicted molar refractivity (Wildman–Crippen MR) is 94.1 cm³/mol. The Morgan fingerprint density at radius 3 is 2.75 bits per heavy atom. The predicted octanol–water partition coefficient (Wildman–Crippen LogP) is 2.57. The van der Waals surface area contributed by atoms with Crippen LogP contribution in [-0.2, 0) is 4.79 Å². The van der Waals surface area contributed by atoms with E-state index in [-0.39, 0.29) is 11.8 Å². The quantitative estimate of drug-likeness (QED) is 0.891. The van der Waals surface area contributed by atoms with Crippen molar-refractivity contribution in [2.75, 3.05) is 6.54 Å². The lowest BCUT2D eigenvalue weighted by molar-refractivity contribution is -0.128. The van der Waals surface area contributed by atoms with E-state index >= 15 is 0 Å². The standard InChI is InChI=1S/C17H22N4O2S/c1-3-18-16(23)17(7-5-4-6-8-17)20-14(22)12-9-13-11(2)21-24-15(13)19-10-12/h9-10H,3-8H2,1-2H3,(H,18,23)(H,20,22). The number of carbonyl (C=O) groups is 2. The minimum absolute atomic E-state index is 0.0829. The third-order valence-corrected chi connectivity index (χ3v) is 5.47. The number of likely N-dealkylation sites (N-methyl/N-ethyl adjacent to an activating group) is 1. The van der Waals surface area contributed by atoms with Crippen molar-refractivity contribution < 1.29 is 9.59 Å². The molecule has 2 aromatic rings. The number of fused-ring (bicyclic) bond motifs is 1. The van der Waals surface area contributed by atoms with E-state index in [0.29, 0.717) is 24.9 Å². The van der Waals surface area contributed by atoms with E-state index in [1.807, 2.05) is 19.9 Å². The van der Waals surface area contributed by atoms with Gasteiger partial charge in [-0.2, -0.15) is 4.37 Å². The lowest BCUT2D eigenvalue weighted by atomic mass is 9.80. The Morgan fingerprint density at radius 2 is 2.04 bits per heavy atom. The molecule has 1 aliphatic rings. The van der Waals surface area contributed by atoms with Crippen molar-refractivity contribution in [2.24, 2.45) is 0 Å². The summed E-state index contributed by atoms with van der Waals surface area (Å²) < 4.78 is 4.26. The molecule has 1 aliphatic carbocycles. The Hall–Kier alpha value is -2.02. The van der Waals surface area contributed by atoms with Gasteiger partial charge in [-0.1, -0.05) is 19.3 Å². The van der Waals surface area contributed by atoms with Crippen molar-refractivity contribution in [3.63, 3.8) is 0 Å². The molecule has 0 bridgehead atoms. The van der Waals surface area contributed by atoms with Gasteiger partial charge in [-0.3, -0.25) is 9.59 Å². The zero-order valence-corrected chi connectivity index (χ0v) is 14.8. The Balaban J connectivity index is 1.86. The number of aryl methyl sites for hydroxylation is 1. The lowest BCUT2D eigenvalue weighted by Gasteiger charge is -2.36. The summed E-state index contributed by atoms with van der Waals surface area (Å²) in [5.74, 6) is -0.330. The van der Waals surface area contributed by atoms with Gasteiger partial charge < -0.3 is 10.6 Å². The molecule has 0 atom stereocenters. The normalized spacial score (nSPS) is 16.8. The maximum Gasteiger partial charge on any atom is 0.253 e. The molecule has 0 saturated heterocycles. The third-order valence-electron chi connectivity index (χ3n) is 4.60. The summed E-state index contributed by atoms with van der Waals surface area (Å²) in [4.78, 5) is 30.5. The molecule has 0 spiro atoms. The summed E-state index contributed by atoms with van der Waals surface area (Å²) in [6, 6.07) is 1.81. The van der Waals surface area contributed by atoms with Crippen LogP contribution in [0.3, 0.4) is 0 Å². The second-order valence-electron chi connectivity index (χ2n) is 6.30. The van der Waals surface area contributed by atoms with Crippen LogP contribution < -0.4 is 10.6 Å². The van der Waals surface area contributed by atoms with Crippen LogP contribution in [0, 0.1) is 6.92 Å². The summed E-state index contributed by atoms with van der Waals surface area (Å²) in [5.41, 5.74) is 0.538. The number of rotatable bonds is 4. The van der Waals surface area contributed by atoms with Crippen molar-refractivity contribution in [3.8, 4) is 0 Å². The Morgan fingerprint density at radius 1 is 1.29 bits per heavy atom. The molecule has 7 heteroatoms. The van der Waals surface area contributed by atoms with Crippen molar-refractivity contribution in [2.45, 2.75) is 51.5 Å². The molecule has 2 amide bonds. The van der Waals surface area contributed by atoms with E-state index in [9.17, 15) is 9.59 Å². The van der Waals surface area contributed by atoms with E-state index < -0.39 is 5.54 Å². The second-order valence-corrected chi connectivity index (χ2v) is 7.05. The number of pyridine rings is 1. The zero-order chi connectivity index (χ0) is 17.2. The molecule has 0 unspecified atom stereocenters. The van der Waals surface area contributed by atoms with Crippen molar-refractivity contribution >= 4 is 33.6 Å². The van der Waals surface area contributed by atoms with E-state index in [2.05, 4.69) is 20.0 Å². The highest BCUT2D eigenvalue weighted by Crippen LogP contribution is 2.29. The fourth-order valence-corrected chi connectivity index (χ4v) is 3.98. The van der Waals surface area contributed by atoms with Crippen LogP contribution in [0.2, 0.25) is 0 Å². The summed E-state index contributed by atoms with van der Waals surface area (Å²) in [5, 5.41) is 6.76. The molecule has 1 fully saturated rings. The molecule has 128 valence electrons. The second kappa shape index (κ2) is 6.84. The summed E-state index contributed by atoms with van der Waals surface area (Å²) >= 11 is 1.32. The average Bonchev–Trinajstić information content (AvgIpc) is 2.96. The number of aromatic nitrogens is 2. The van der Waals surface area contributed by atoms with Gasteiger partial charge in [0.25, 0.3) is 5.91 Å². The first-order chi connectivity index (χ1) is 11.6. The van der Waals surface area contributed by atoms with Gasteiger partial charge in [0, 0.05) is 18.1 Å². The Kier molecular flexibility index (Phi) is 4.80. The Labute approximate surface area is 145 Å². The maximum absolute atomic E-state index is 12.8. The minimum atomic E-state index is -0.803. The van der Waals surface area contributed by atoms with Gasteiger partial charge >= 0.3 is 0 Å². The van der Waals surface area contributed by atoms with E-state index in [1.165, 1.54) is 11.5 Å². The molecular formula is C17H22N4O2S. The minimum Gasteiger partial charge on any atom is -0.354 e. The number of nitrogens with zero attached hydrogens (tertiary/aromatic N) is 2.